The van der Waals surface area contributed by atoms with Gasteiger partial charge in [-0.25, -0.2) is 0 Å². The Balaban J connectivity index is 3.39. The van der Waals surface area contributed by atoms with Crippen LogP contribution in [0.25, 0.3) is 0 Å². The van der Waals surface area contributed by atoms with Crippen molar-refractivity contribution in [3.05, 3.63) is 0 Å². The Labute approximate surface area is 56.6 Å². The molecule has 0 saturated carbocycles. The maximum Gasteiger partial charge on any atom is 0.227 e. The zero-order valence-corrected chi connectivity index (χ0v) is 5.52. The number of hydrazone groups is 1. The summed E-state index contributed by atoms with van der Waals surface area (Å²) in [6.07, 6.45) is 0. The van der Waals surface area contributed by atoms with Crippen LogP contribution in [0, 0.1) is 0 Å². The molecule has 52 valence electrons. The maximum atomic E-state index is 10.1. The first-order valence-corrected chi connectivity index (χ1v) is 3.10. The van der Waals surface area contributed by atoms with Gasteiger partial charge in [0, 0.05) is 0 Å². The molecule has 0 aromatic heterocycles. The SMILES string of the molecule is NN=C(N)SCC(N)=O. The van der Waals surface area contributed by atoms with Gasteiger partial charge in [-0.05, 0) is 0 Å². The van der Waals surface area contributed by atoms with Crippen LogP contribution in [-0.2, 0) is 4.79 Å². The van der Waals surface area contributed by atoms with Crippen LogP contribution in [0.5, 0.6) is 0 Å². The highest BCUT2D eigenvalue weighted by Gasteiger charge is 1.95. The van der Waals surface area contributed by atoms with E-state index in [4.69, 9.17) is 17.3 Å². The molecule has 0 rings (SSSR count). The summed E-state index contributed by atoms with van der Waals surface area (Å²) in [5.74, 6) is 4.43. The van der Waals surface area contributed by atoms with E-state index in [0.717, 1.165) is 11.8 Å². The predicted octanol–water partition coefficient (Wildman–Crippen LogP) is -1.61. The number of carbonyl (C=O) groups excluding carboxylic acids is 1. The first kappa shape index (κ1) is 8.09. The van der Waals surface area contributed by atoms with E-state index in [1.54, 1.807) is 0 Å². The van der Waals surface area contributed by atoms with E-state index in [2.05, 4.69) is 5.10 Å². The molecule has 0 heterocycles. The Morgan fingerprint density at radius 2 is 2.11 bits per heavy atom. The summed E-state index contributed by atoms with van der Waals surface area (Å²) >= 11 is 1.01. The van der Waals surface area contributed by atoms with Gasteiger partial charge in [-0.15, -0.1) is 0 Å². The molecule has 0 aliphatic rings. The van der Waals surface area contributed by atoms with Gasteiger partial charge in [0.1, 0.15) is 0 Å². The van der Waals surface area contributed by atoms with Crippen molar-refractivity contribution in [1.29, 1.82) is 0 Å². The second-order valence-corrected chi connectivity index (χ2v) is 2.22. The van der Waals surface area contributed by atoms with Crippen molar-refractivity contribution in [2.45, 2.75) is 0 Å². The van der Waals surface area contributed by atoms with Gasteiger partial charge in [0.05, 0.1) is 5.75 Å². The van der Waals surface area contributed by atoms with Crippen LogP contribution in [0.1, 0.15) is 0 Å². The summed E-state index contributed by atoms with van der Waals surface area (Å²) in [5.41, 5.74) is 9.89. The second kappa shape index (κ2) is 4.02. The molecule has 0 bridgehead atoms. The number of hydrogen-bond donors (Lipinski definition) is 3. The number of carbonyl (C=O) groups is 1. The van der Waals surface area contributed by atoms with Crippen molar-refractivity contribution in [3.63, 3.8) is 0 Å². The molecule has 6 heteroatoms. The predicted molar refractivity (Wildman–Crippen MR) is 37.5 cm³/mol. The van der Waals surface area contributed by atoms with E-state index in [1.807, 2.05) is 0 Å². The van der Waals surface area contributed by atoms with Crippen LogP contribution in [-0.4, -0.2) is 16.8 Å². The molecule has 0 aliphatic heterocycles. The van der Waals surface area contributed by atoms with Crippen molar-refractivity contribution >= 4 is 22.8 Å². The average molecular weight is 148 g/mol. The van der Waals surface area contributed by atoms with Crippen LogP contribution in [0.15, 0.2) is 5.10 Å². The van der Waals surface area contributed by atoms with Crippen LogP contribution in [0.2, 0.25) is 0 Å². The third kappa shape index (κ3) is 4.95. The molecule has 0 saturated heterocycles. The van der Waals surface area contributed by atoms with E-state index < -0.39 is 5.91 Å². The monoisotopic (exact) mass is 148 g/mol. The molecule has 0 radical (unpaired) electrons. The van der Waals surface area contributed by atoms with Gasteiger partial charge in [0.25, 0.3) is 0 Å². The topological polar surface area (TPSA) is 107 Å². The molecular weight excluding hydrogens is 140 g/mol. The first-order chi connectivity index (χ1) is 4.16. The molecule has 0 aromatic rings. The van der Waals surface area contributed by atoms with Gasteiger partial charge < -0.3 is 17.3 Å². The summed E-state index contributed by atoms with van der Waals surface area (Å²) in [6.45, 7) is 0. The van der Waals surface area contributed by atoms with Gasteiger partial charge in [-0.3, -0.25) is 4.79 Å². The zero-order chi connectivity index (χ0) is 7.28. The van der Waals surface area contributed by atoms with Crippen molar-refractivity contribution in [2.75, 3.05) is 5.75 Å². The van der Waals surface area contributed by atoms with Gasteiger partial charge in [0.2, 0.25) is 5.91 Å². The van der Waals surface area contributed by atoms with Gasteiger partial charge >= 0.3 is 0 Å². The first-order valence-electron chi connectivity index (χ1n) is 2.11. The lowest BCUT2D eigenvalue weighted by atomic mass is 10.8. The molecule has 0 unspecified atom stereocenters. The molecule has 6 N–H and O–H groups in total. The lowest BCUT2D eigenvalue weighted by Gasteiger charge is -1.92. The molecule has 0 spiro atoms. The number of primary amides is 1. The molecular formula is C3H8N4OS. The van der Waals surface area contributed by atoms with Gasteiger partial charge in [-0.2, -0.15) is 5.10 Å². The van der Waals surface area contributed by atoms with E-state index in [-0.39, 0.29) is 10.9 Å². The third-order valence-corrected chi connectivity index (χ3v) is 1.32. The molecule has 0 aliphatic carbocycles. The Hall–Kier alpha value is -0.910. The van der Waals surface area contributed by atoms with Crippen LogP contribution < -0.4 is 17.3 Å². The summed E-state index contributed by atoms with van der Waals surface area (Å²) in [4.78, 5) is 10.1. The minimum atomic E-state index is -0.438. The maximum absolute atomic E-state index is 10.1. The number of thioether (sulfide) groups is 1. The summed E-state index contributed by atoms with van der Waals surface area (Å²) in [5, 5.41) is 3.27. The largest absolute Gasteiger partial charge is 0.377 e. The fourth-order valence-corrected chi connectivity index (χ4v) is 0.547. The number of hydrogen-bond acceptors (Lipinski definition) is 4. The van der Waals surface area contributed by atoms with Crippen molar-refractivity contribution < 1.29 is 4.79 Å². The third-order valence-electron chi connectivity index (χ3n) is 0.490. The van der Waals surface area contributed by atoms with Crippen LogP contribution in [0.4, 0.5) is 0 Å². The average Bonchev–Trinajstić information content (AvgIpc) is 1.83. The number of nitrogens with zero attached hydrogens (tertiary/aromatic N) is 1. The van der Waals surface area contributed by atoms with E-state index in [1.165, 1.54) is 0 Å². The summed E-state index contributed by atoms with van der Waals surface area (Å²) < 4.78 is 0. The Morgan fingerprint density at radius 1 is 1.56 bits per heavy atom. The number of nitrogens with two attached hydrogens (primary N) is 3. The summed E-state index contributed by atoms with van der Waals surface area (Å²) in [6, 6.07) is 0. The lowest BCUT2D eigenvalue weighted by molar-refractivity contribution is -0.115. The van der Waals surface area contributed by atoms with E-state index >= 15 is 0 Å². The Bertz CT molecular complexity index is 134. The van der Waals surface area contributed by atoms with Crippen molar-refractivity contribution in [2.24, 2.45) is 22.4 Å². The fraction of sp³-hybridized carbons (Fsp3) is 0.333. The standard InChI is InChI=1S/C3H8N4OS/c4-2(8)1-9-3(5)7-6/h1,6H2,(H2,4,8)(H2,5,7). The molecule has 9 heavy (non-hydrogen) atoms. The van der Waals surface area contributed by atoms with Crippen LogP contribution in [0.3, 0.4) is 0 Å². The molecule has 0 atom stereocenters. The van der Waals surface area contributed by atoms with E-state index in [0.29, 0.717) is 0 Å². The van der Waals surface area contributed by atoms with Gasteiger partial charge in [0.15, 0.2) is 5.17 Å². The Kier molecular flexibility index (Phi) is 3.61. The Morgan fingerprint density at radius 3 is 2.44 bits per heavy atom. The highest BCUT2D eigenvalue weighted by molar-refractivity contribution is 8.14. The molecule has 0 fully saturated rings. The highest BCUT2D eigenvalue weighted by Crippen LogP contribution is 1.95. The minimum absolute atomic E-state index is 0.118. The molecule has 1 amide bonds. The zero-order valence-electron chi connectivity index (χ0n) is 4.70. The second-order valence-electron chi connectivity index (χ2n) is 1.22. The molecule has 5 nitrogen and oxygen atoms in total. The van der Waals surface area contributed by atoms with E-state index in [9.17, 15) is 4.79 Å². The fourth-order valence-electron chi connectivity index (χ4n) is 0.182. The highest BCUT2D eigenvalue weighted by atomic mass is 32.2. The van der Waals surface area contributed by atoms with Crippen molar-refractivity contribution in [1.82, 2.24) is 0 Å². The quantitative estimate of drug-likeness (QED) is 0.189. The van der Waals surface area contributed by atoms with Crippen molar-refractivity contribution in [3.8, 4) is 0 Å². The summed E-state index contributed by atoms with van der Waals surface area (Å²) in [7, 11) is 0. The number of rotatable bonds is 2. The minimum Gasteiger partial charge on any atom is -0.377 e. The van der Waals surface area contributed by atoms with Crippen LogP contribution >= 0.6 is 11.8 Å². The normalized spacial score (nSPS) is 11.3. The smallest absolute Gasteiger partial charge is 0.227 e. The lowest BCUT2D eigenvalue weighted by Crippen LogP contribution is -2.18. The number of amides is 1. The molecule has 0 aromatic carbocycles. The van der Waals surface area contributed by atoms with Gasteiger partial charge in [-0.1, -0.05) is 11.8 Å². The number of amidine groups is 1.